The van der Waals surface area contributed by atoms with Gasteiger partial charge in [-0.2, -0.15) is 13.2 Å². The quantitative estimate of drug-likeness (QED) is 0.482. The topological polar surface area (TPSA) is 17.1 Å². The summed E-state index contributed by atoms with van der Waals surface area (Å²) in [6.07, 6.45) is -8.37. The van der Waals surface area contributed by atoms with Crippen molar-refractivity contribution in [1.82, 2.24) is 0 Å². The summed E-state index contributed by atoms with van der Waals surface area (Å²) in [5.74, 6) is 0. The fourth-order valence-electron chi connectivity index (χ4n) is 0.0668. The smallest absolute Gasteiger partial charge is 0.287 e. The molecule has 0 bridgehead atoms. The van der Waals surface area contributed by atoms with E-state index in [0.717, 1.165) is 0 Å². The Morgan fingerprint density at radius 1 is 1.38 bits per heavy atom. The first-order valence-electron chi connectivity index (χ1n) is 1.57. The first kappa shape index (κ1) is 7.39. The van der Waals surface area contributed by atoms with Gasteiger partial charge in [0.15, 0.2) is 0 Å². The number of hydrogen-bond donors (Lipinski definition) is 0. The van der Waals surface area contributed by atoms with Crippen molar-refractivity contribution in [3.8, 4) is 0 Å². The minimum Gasteiger partial charge on any atom is -0.287 e. The molecule has 0 saturated carbocycles. The van der Waals surface area contributed by atoms with Crippen LogP contribution < -0.4 is 0 Å². The minimum absolute atomic E-state index is 0.163. The van der Waals surface area contributed by atoms with E-state index in [4.69, 9.17) is 4.79 Å². The number of hydrogen-bond acceptors (Lipinski definition) is 1. The van der Waals surface area contributed by atoms with Gasteiger partial charge in [-0.05, 0) is 0 Å². The van der Waals surface area contributed by atoms with Gasteiger partial charge in [-0.3, -0.25) is 4.79 Å². The Balaban J connectivity index is 3.80. The van der Waals surface area contributed by atoms with Crippen molar-refractivity contribution in [2.75, 3.05) is 0 Å². The molecular formula is C3HF4O. The molecule has 0 N–H and O–H groups in total. The maximum atomic E-state index is 11.1. The van der Waals surface area contributed by atoms with Crippen LogP contribution in [0.25, 0.3) is 0 Å². The molecule has 0 amide bonds. The predicted octanol–water partition coefficient (Wildman–Crippen LogP) is 0.996. The molecule has 0 fully saturated rings. The van der Waals surface area contributed by atoms with Gasteiger partial charge in [-0.15, -0.1) is 0 Å². The van der Waals surface area contributed by atoms with Gasteiger partial charge < -0.3 is 0 Å². The lowest BCUT2D eigenvalue weighted by atomic mass is 10.4. The highest BCUT2D eigenvalue weighted by Gasteiger charge is 2.40. The standard InChI is InChI=1S/C3HF4O/c4-2(1-8)3(5,6)7/h2H. The minimum atomic E-state index is -5.08. The number of alkyl halides is 4. The Labute approximate surface area is 42.3 Å². The van der Waals surface area contributed by atoms with E-state index < -0.39 is 12.3 Å². The lowest BCUT2D eigenvalue weighted by Gasteiger charge is -2.02. The van der Waals surface area contributed by atoms with Crippen LogP contribution in [0.2, 0.25) is 0 Å². The van der Waals surface area contributed by atoms with Crippen LogP contribution in [0.1, 0.15) is 0 Å². The molecule has 8 heavy (non-hydrogen) atoms. The summed E-state index contributed by atoms with van der Waals surface area (Å²) in [4.78, 5) is 8.93. The monoisotopic (exact) mass is 129 g/mol. The molecule has 0 aromatic heterocycles. The second-order valence-corrected chi connectivity index (χ2v) is 1.02. The van der Waals surface area contributed by atoms with Crippen molar-refractivity contribution in [3.63, 3.8) is 0 Å². The van der Waals surface area contributed by atoms with Crippen LogP contribution in [0.4, 0.5) is 17.6 Å². The van der Waals surface area contributed by atoms with Crippen LogP contribution >= 0.6 is 0 Å². The summed E-state index contributed by atoms with van der Waals surface area (Å²) < 4.78 is 43.5. The van der Waals surface area contributed by atoms with E-state index in [1.807, 2.05) is 0 Å². The molecule has 0 heterocycles. The van der Waals surface area contributed by atoms with Crippen molar-refractivity contribution in [1.29, 1.82) is 0 Å². The highest BCUT2D eigenvalue weighted by atomic mass is 19.4. The van der Waals surface area contributed by atoms with E-state index in [2.05, 4.69) is 0 Å². The zero-order chi connectivity index (χ0) is 6.78. The molecule has 0 aliphatic rings. The van der Waals surface area contributed by atoms with Crippen molar-refractivity contribution in [2.45, 2.75) is 12.3 Å². The first-order valence-corrected chi connectivity index (χ1v) is 1.57. The Morgan fingerprint density at radius 3 is 1.75 bits per heavy atom. The van der Waals surface area contributed by atoms with Crippen LogP contribution in [-0.4, -0.2) is 18.6 Å². The molecule has 0 saturated heterocycles. The van der Waals surface area contributed by atoms with Crippen LogP contribution in [-0.2, 0) is 4.79 Å². The molecule has 0 rings (SSSR count). The van der Waals surface area contributed by atoms with Crippen LogP contribution in [0, 0.1) is 0 Å². The molecule has 1 atom stereocenters. The average Bonchev–Trinajstić information content (AvgIpc) is 1.62. The Morgan fingerprint density at radius 2 is 1.75 bits per heavy atom. The van der Waals surface area contributed by atoms with Gasteiger partial charge in [0.25, 0.3) is 6.17 Å². The third kappa shape index (κ3) is 1.90. The SMILES string of the molecule is O=[C]C(F)C(F)(F)F. The summed E-state index contributed by atoms with van der Waals surface area (Å²) in [6.45, 7) is 0. The van der Waals surface area contributed by atoms with Gasteiger partial charge in [0.2, 0.25) is 6.29 Å². The summed E-state index contributed by atoms with van der Waals surface area (Å²) >= 11 is 0. The fourth-order valence-corrected chi connectivity index (χ4v) is 0.0668. The van der Waals surface area contributed by atoms with Crippen LogP contribution in [0.15, 0.2) is 0 Å². The lowest BCUT2D eigenvalue weighted by Crippen LogP contribution is -2.25. The van der Waals surface area contributed by atoms with Gasteiger partial charge in [-0.1, -0.05) is 0 Å². The molecule has 1 unspecified atom stereocenters. The summed E-state index contributed by atoms with van der Waals surface area (Å²) in [6, 6.07) is 0. The van der Waals surface area contributed by atoms with Crippen LogP contribution in [0.5, 0.6) is 0 Å². The second-order valence-electron chi connectivity index (χ2n) is 1.02. The zero-order valence-electron chi connectivity index (χ0n) is 3.50. The third-order valence-electron chi connectivity index (χ3n) is 0.391. The zero-order valence-corrected chi connectivity index (χ0v) is 3.50. The molecule has 0 spiro atoms. The third-order valence-corrected chi connectivity index (χ3v) is 0.391. The highest BCUT2D eigenvalue weighted by Crippen LogP contribution is 2.20. The summed E-state index contributed by atoms with van der Waals surface area (Å²) in [5, 5.41) is 0. The fraction of sp³-hybridized carbons (Fsp3) is 0.667. The normalized spacial score (nSPS) is 15.5. The van der Waals surface area contributed by atoms with Gasteiger partial charge in [0.05, 0.1) is 0 Å². The van der Waals surface area contributed by atoms with Crippen molar-refractivity contribution >= 4 is 6.29 Å². The van der Waals surface area contributed by atoms with E-state index in [9.17, 15) is 17.6 Å². The molecule has 0 aliphatic carbocycles. The maximum absolute atomic E-state index is 11.1. The van der Waals surface area contributed by atoms with Gasteiger partial charge >= 0.3 is 6.18 Å². The number of halogens is 4. The first-order chi connectivity index (χ1) is 3.48. The van der Waals surface area contributed by atoms with Gasteiger partial charge in [-0.25, -0.2) is 4.39 Å². The summed E-state index contributed by atoms with van der Waals surface area (Å²) in [7, 11) is 0. The molecule has 0 aromatic carbocycles. The predicted molar refractivity (Wildman–Crippen MR) is 16.6 cm³/mol. The molecule has 0 aromatic rings. The van der Waals surface area contributed by atoms with Gasteiger partial charge in [0.1, 0.15) is 0 Å². The second kappa shape index (κ2) is 2.11. The highest BCUT2D eigenvalue weighted by molar-refractivity contribution is 5.57. The van der Waals surface area contributed by atoms with E-state index >= 15 is 0 Å². The molecular weight excluding hydrogens is 128 g/mol. The molecule has 0 aliphatic heterocycles. The van der Waals surface area contributed by atoms with Gasteiger partial charge in [0, 0.05) is 0 Å². The number of rotatable bonds is 1. The Bertz CT molecular complexity index is 85.8. The molecule has 1 nitrogen and oxygen atoms in total. The summed E-state index contributed by atoms with van der Waals surface area (Å²) in [5.41, 5.74) is 0. The van der Waals surface area contributed by atoms with Crippen LogP contribution in [0.3, 0.4) is 0 Å². The largest absolute Gasteiger partial charge is 0.427 e. The number of carbonyl (C=O) groups excluding carboxylic acids is 1. The van der Waals surface area contributed by atoms with Crippen molar-refractivity contribution in [3.05, 3.63) is 0 Å². The van der Waals surface area contributed by atoms with E-state index in [-0.39, 0.29) is 6.29 Å². The maximum Gasteiger partial charge on any atom is 0.427 e. The Kier molecular flexibility index (Phi) is 1.94. The Hall–Kier alpha value is -0.610. The van der Waals surface area contributed by atoms with E-state index in [1.165, 1.54) is 0 Å². The molecule has 47 valence electrons. The lowest BCUT2D eigenvalue weighted by molar-refractivity contribution is -0.160. The molecule has 1 radical (unpaired) electrons. The molecule has 5 heteroatoms. The average molecular weight is 129 g/mol. The van der Waals surface area contributed by atoms with E-state index in [0.29, 0.717) is 0 Å². The van der Waals surface area contributed by atoms with E-state index in [1.54, 1.807) is 0 Å². The van der Waals surface area contributed by atoms with Crippen molar-refractivity contribution < 1.29 is 22.4 Å². The van der Waals surface area contributed by atoms with Crippen molar-refractivity contribution in [2.24, 2.45) is 0 Å².